The third kappa shape index (κ3) is 3.21. The molecular weight excluding hydrogens is 196 g/mol. The van der Waals surface area contributed by atoms with E-state index in [2.05, 4.69) is 30.6 Å². The van der Waals surface area contributed by atoms with Crippen molar-refractivity contribution in [1.29, 1.82) is 0 Å². The quantitative estimate of drug-likeness (QED) is 0.726. The lowest BCUT2D eigenvalue weighted by molar-refractivity contribution is 0.128. The Hall–Kier alpha value is -0.0800. The number of likely N-dealkylation sites (tertiary alicyclic amines) is 2. The Bertz CT molecular complexity index is 207. The highest BCUT2D eigenvalue weighted by molar-refractivity contribution is 4.79. The van der Waals surface area contributed by atoms with E-state index in [9.17, 15) is 0 Å². The standard InChI is InChI=1S/C14H28N2/c1-12(2)16-8-5-14(6-9-16)11-15-7-4-13(3)10-15/h12-14H,4-11H2,1-3H3/t13-/m0/s1. The van der Waals surface area contributed by atoms with Crippen molar-refractivity contribution >= 4 is 0 Å². The fourth-order valence-corrected chi connectivity index (χ4v) is 3.21. The minimum Gasteiger partial charge on any atom is -0.303 e. The van der Waals surface area contributed by atoms with Crippen LogP contribution in [0.25, 0.3) is 0 Å². The second-order valence-electron chi connectivity index (χ2n) is 6.23. The molecule has 0 spiro atoms. The number of hydrogen-bond acceptors (Lipinski definition) is 2. The second kappa shape index (κ2) is 5.50. The summed E-state index contributed by atoms with van der Waals surface area (Å²) in [6.07, 6.45) is 4.26. The van der Waals surface area contributed by atoms with Crippen LogP contribution in [0.1, 0.15) is 40.0 Å². The Morgan fingerprint density at radius 3 is 2.25 bits per heavy atom. The lowest BCUT2D eigenvalue weighted by Gasteiger charge is -2.36. The van der Waals surface area contributed by atoms with Gasteiger partial charge in [-0.25, -0.2) is 0 Å². The van der Waals surface area contributed by atoms with Crippen molar-refractivity contribution in [3.05, 3.63) is 0 Å². The van der Waals surface area contributed by atoms with E-state index in [0.717, 1.165) is 17.9 Å². The number of rotatable bonds is 3. The highest BCUT2D eigenvalue weighted by atomic mass is 15.2. The van der Waals surface area contributed by atoms with E-state index in [1.807, 2.05) is 0 Å². The molecule has 2 nitrogen and oxygen atoms in total. The third-order valence-corrected chi connectivity index (χ3v) is 4.40. The average Bonchev–Trinajstić information content (AvgIpc) is 2.65. The van der Waals surface area contributed by atoms with Gasteiger partial charge in [0.1, 0.15) is 0 Å². The first kappa shape index (κ1) is 12.4. The first-order valence-corrected chi connectivity index (χ1v) is 7.11. The first-order valence-electron chi connectivity index (χ1n) is 7.11. The van der Waals surface area contributed by atoms with Crippen molar-refractivity contribution in [2.24, 2.45) is 11.8 Å². The zero-order chi connectivity index (χ0) is 11.5. The number of nitrogens with zero attached hydrogens (tertiary/aromatic N) is 2. The van der Waals surface area contributed by atoms with Crippen molar-refractivity contribution in [2.75, 3.05) is 32.7 Å². The van der Waals surface area contributed by atoms with Gasteiger partial charge in [-0.05, 0) is 64.6 Å². The van der Waals surface area contributed by atoms with Crippen LogP contribution in [0, 0.1) is 11.8 Å². The summed E-state index contributed by atoms with van der Waals surface area (Å²) >= 11 is 0. The molecule has 0 saturated carbocycles. The van der Waals surface area contributed by atoms with Gasteiger partial charge in [0.05, 0.1) is 0 Å². The molecule has 2 heteroatoms. The largest absolute Gasteiger partial charge is 0.303 e. The van der Waals surface area contributed by atoms with Gasteiger partial charge in [0, 0.05) is 19.1 Å². The Morgan fingerprint density at radius 2 is 1.75 bits per heavy atom. The second-order valence-corrected chi connectivity index (χ2v) is 6.23. The minimum absolute atomic E-state index is 0.743. The minimum atomic E-state index is 0.743. The molecule has 0 aromatic heterocycles. The molecule has 0 amide bonds. The molecule has 0 bridgehead atoms. The smallest absolute Gasteiger partial charge is 0.00385 e. The van der Waals surface area contributed by atoms with Crippen molar-refractivity contribution < 1.29 is 0 Å². The monoisotopic (exact) mass is 224 g/mol. The maximum atomic E-state index is 2.69. The fraction of sp³-hybridized carbons (Fsp3) is 1.00. The molecule has 94 valence electrons. The van der Waals surface area contributed by atoms with Crippen LogP contribution in [0.3, 0.4) is 0 Å². The highest BCUT2D eigenvalue weighted by Crippen LogP contribution is 2.23. The van der Waals surface area contributed by atoms with Gasteiger partial charge < -0.3 is 9.80 Å². The zero-order valence-electron chi connectivity index (χ0n) is 11.3. The van der Waals surface area contributed by atoms with E-state index in [-0.39, 0.29) is 0 Å². The molecule has 0 radical (unpaired) electrons. The number of piperidine rings is 1. The molecule has 2 heterocycles. The molecule has 0 aliphatic carbocycles. The Balaban J connectivity index is 1.69. The van der Waals surface area contributed by atoms with Crippen molar-refractivity contribution in [1.82, 2.24) is 9.80 Å². The fourth-order valence-electron chi connectivity index (χ4n) is 3.21. The molecule has 0 aromatic carbocycles. The highest BCUT2D eigenvalue weighted by Gasteiger charge is 2.25. The molecule has 0 aromatic rings. The summed E-state index contributed by atoms with van der Waals surface area (Å²) in [6, 6.07) is 0.743. The predicted octanol–water partition coefficient (Wildman–Crippen LogP) is 2.45. The molecule has 0 unspecified atom stereocenters. The van der Waals surface area contributed by atoms with Gasteiger partial charge in [0.15, 0.2) is 0 Å². The van der Waals surface area contributed by atoms with Gasteiger partial charge in [0.25, 0.3) is 0 Å². The van der Waals surface area contributed by atoms with E-state index in [0.29, 0.717) is 0 Å². The molecule has 2 fully saturated rings. The Kier molecular flexibility index (Phi) is 4.26. The SMILES string of the molecule is CC(C)N1CCC(CN2CC[C@H](C)C2)CC1. The molecule has 2 aliphatic rings. The van der Waals surface area contributed by atoms with E-state index in [4.69, 9.17) is 0 Å². The van der Waals surface area contributed by atoms with Crippen LogP contribution < -0.4 is 0 Å². The normalized spacial score (nSPS) is 30.4. The summed E-state index contributed by atoms with van der Waals surface area (Å²) in [6.45, 7) is 13.8. The zero-order valence-corrected chi connectivity index (χ0v) is 11.3. The van der Waals surface area contributed by atoms with Gasteiger partial charge in [-0.15, -0.1) is 0 Å². The molecule has 2 rings (SSSR count). The molecule has 2 saturated heterocycles. The van der Waals surface area contributed by atoms with Gasteiger partial charge >= 0.3 is 0 Å². The summed E-state index contributed by atoms with van der Waals surface area (Å²) in [5.74, 6) is 1.91. The van der Waals surface area contributed by atoms with E-state index in [1.165, 1.54) is 52.0 Å². The van der Waals surface area contributed by atoms with Gasteiger partial charge in [-0.2, -0.15) is 0 Å². The first-order chi connectivity index (χ1) is 7.65. The lowest BCUT2D eigenvalue weighted by Crippen LogP contribution is -2.41. The van der Waals surface area contributed by atoms with Gasteiger partial charge in [0.2, 0.25) is 0 Å². The van der Waals surface area contributed by atoms with Gasteiger partial charge in [-0.3, -0.25) is 0 Å². The third-order valence-electron chi connectivity index (χ3n) is 4.40. The van der Waals surface area contributed by atoms with Crippen LogP contribution in [0.5, 0.6) is 0 Å². The number of hydrogen-bond donors (Lipinski definition) is 0. The Labute approximate surface area is 101 Å². The van der Waals surface area contributed by atoms with E-state index >= 15 is 0 Å². The van der Waals surface area contributed by atoms with E-state index in [1.54, 1.807) is 0 Å². The van der Waals surface area contributed by atoms with Crippen LogP contribution in [0.4, 0.5) is 0 Å². The average molecular weight is 224 g/mol. The van der Waals surface area contributed by atoms with Crippen LogP contribution in [0.15, 0.2) is 0 Å². The van der Waals surface area contributed by atoms with Crippen LogP contribution in [-0.2, 0) is 0 Å². The summed E-state index contributed by atoms with van der Waals surface area (Å²) in [5.41, 5.74) is 0. The van der Waals surface area contributed by atoms with Crippen molar-refractivity contribution in [2.45, 2.75) is 46.1 Å². The maximum Gasteiger partial charge on any atom is 0.00385 e. The maximum absolute atomic E-state index is 2.69. The van der Waals surface area contributed by atoms with Crippen molar-refractivity contribution in [3.8, 4) is 0 Å². The van der Waals surface area contributed by atoms with E-state index < -0.39 is 0 Å². The summed E-state index contributed by atoms with van der Waals surface area (Å²) in [5, 5.41) is 0. The topological polar surface area (TPSA) is 6.48 Å². The molecule has 1 atom stereocenters. The summed E-state index contributed by atoms with van der Waals surface area (Å²) in [7, 11) is 0. The molecule has 16 heavy (non-hydrogen) atoms. The lowest BCUT2D eigenvalue weighted by atomic mass is 9.95. The van der Waals surface area contributed by atoms with Crippen LogP contribution in [-0.4, -0.2) is 48.6 Å². The van der Waals surface area contributed by atoms with Gasteiger partial charge in [-0.1, -0.05) is 6.92 Å². The van der Waals surface area contributed by atoms with Crippen molar-refractivity contribution in [3.63, 3.8) is 0 Å². The summed E-state index contributed by atoms with van der Waals surface area (Å²) in [4.78, 5) is 5.32. The van der Waals surface area contributed by atoms with Crippen LogP contribution >= 0.6 is 0 Å². The van der Waals surface area contributed by atoms with Crippen LogP contribution in [0.2, 0.25) is 0 Å². The summed E-state index contributed by atoms with van der Waals surface area (Å²) < 4.78 is 0. The predicted molar refractivity (Wildman–Crippen MR) is 69.7 cm³/mol. The molecular formula is C14H28N2. The molecule has 2 aliphatic heterocycles. The Morgan fingerprint density at radius 1 is 1.06 bits per heavy atom. The molecule has 0 N–H and O–H groups in total.